The van der Waals surface area contributed by atoms with Gasteiger partial charge in [0.15, 0.2) is 0 Å². The third-order valence-corrected chi connectivity index (χ3v) is 5.98. The van der Waals surface area contributed by atoms with Gasteiger partial charge in [0, 0.05) is 12.6 Å². The number of benzene rings is 1. The van der Waals surface area contributed by atoms with Gasteiger partial charge in [-0.1, -0.05) is 17.7 Å². The molecule has 8 heteroatoms. The molecule has 2 rings (SSSR count). The van der Waals surface area contributed by atoms with Crippen molar-refractivity contribution in [2.24, 2.45) is 5.73 Å². The summed E-state index contributed by atoms with van der Waals surface area (Å²) in [6, 6.07) is 8.24. The van der Waals surface area contributed by atoms with Gasteiger partial charge < -0.3 is 10.5 Å². The van der Waals surface area contributed by atoms with E-state index in [9.17, 15) is 8.42 Å². The first-order valence-corrected chi connectivity index (χ1v) is 8.82. The Morgan fingerprint density at radius 3 is 2.76 bits per heavy atom. The Balaban J connectivity index is 2.20. The van der Waals surface area contributed by atoms with Crippen molar-refractivity contribution >= 4 is 38.6 Å². The highest BCUT2D eigenvalue weighted by Crippen LogP contribution is 2.31. The number of thiophene rings is 1. The summed E-state index contributed by atoms with van der Waals surface area (Å²) in [5, 5.41) is 0. The second-order valence-corrected chi connectivity index (χ2v) is 7.86. The Morgan fingerprint density at radius 2 is 2.14 bits per heavy atom. The summed E-state index contributed by atoms with van der Waals surface area (Å²) in [4.78, 5) is 0. The van der Waals surface area contributed by atoms with Crippen molar-refractivity contribution in [3.8, 4) is 5.75 Å². The number of hydrogen-bond acceptors (Lipinski definition) is 5. The van der Waals surface area contributed by atoms with Crippen LogP contribution in [0.15, 0.2) is 34.5 Å². The molecular formula is C13H15ClN2O3S2. The van der Waals surface area contributed by atoms with E-state index in [1.165, 1.54) is 0 Å². The third-order valence-electron chi connectivity index (χ3n) is 2.57. The zero-order valence-electron chi connectivity index (χ0n) is 11.3. The lowest BCUT2D eigenvalue weighted by molar-refractivity contribution is 0.328. The lowest BCUT2D eigenvalue weighted by Crippen LogP contribution is -2.12. The number of nitrogens with two attached hydrogens (primary N) is 1. The van der Waals surface area contributed by atoms with Gasteiger partial charge in [-0.25, -0.2) is 8.42 Å². The first-order valence-electron chi connectivity index (χ1n) is 6.14. The van der Waals surface area contributed by atoms with Gasteiger partial charge in [-0.2, -0.15) is 0 Å². The SMILES string of the molecule is Cc1cc(S(=O)(=O)Nc2cccc(OCCN)c2)sc1Cl. The van der Waals surface area contributed by atoms with Crippen LogP contribution in [0.5, 0.6) is 5.75 Å². The molecule has 5 nitrogen and oxygen atoms in total. The Kier molecular flexibility index (Phi) is 5.10. The van der Waals surface area contributed by atoms with E-state index in [1.54, 1.807) is 37.3 Å². The maximum absolute atomic E-state index is 12.3. The van der Waals surface area contributed by atoms with Crippen molar-refractivity contribution in [1.82, 2.24) is 0 Å². The highest BCUT2D eigenvalue weighted by atomic mass is 35.5. The molecule has 1 heterocycles. The molecule has 0 aliphatic carbocycles. The summed E-state index contributed by atoms with van der Waals surface area (Å²) in [5.74, 6) is 0.557. The molecule has 2 aromatic rings. The number of ether oxygens (including phenoxy) is 1. The summed E-state index contributed by atoms with van der Waals surface area (Å²) >= 11 is 6.94. The molecule has 0 saturated carbocycles. The fourth-order valence-electron chi connectivity index (χ4n) is 1.60. The molecule has 1 aromatic heterocycles. The number of anilines is 1. The van der Waals surface area contributed by atoms with E-state index in [4.69, 9.17) is 22.1 Å². The minimum Gasteiger partial charge on any atom is -0.492 e. The van der Waals surface area contributed by atoms with Crippen molar-refractivity contribution in [2.75, 3.05) is 17.9 Å². The van der Waals surface area contributed by atoms with E-state index in [0.29, 0.717) is 28.9 Å². The molecule has 0 unspecified atom stereocenters. The topological polar surface area (TPSA) is 81.4 Å². The van der Waals surface area contributed by atoms with Gasteiger partial charge in [0.1, 0.15) is 16.6 Å². The van der Waals surface area contributed by atoms with Gasteiger partial charge >= 0.3 is 0 Å². The van der Waals surface area contributed by atoms with E-state index in [1.807, 2.05) is 0 Å². The van der Waals surface area contributed by atoms with Crippen LogP contribution in [0.1, 0.15) is 5.56 Å². The van der Waals surface area contributed by atoms with Crippen LogP contribution in [-0.2, 0) is 10.0 Å². The smallest absolute Gasteiger partial charge is 0.271 e. The molecule has 3 N–H and O–H groups in total. The van der Waals surface area contributed by atoms with Crippen LogP contribution in [0, 0.1) is 6.92 Å². The lowest BCUT2D eigenvalue weighted by Gasteiger charge is -2.09. The molecule has 0 radical (unpaired) electrons. The summed E-state index contributed by atoms with van der Waals surface area (Å²) in [7, 11) is -3.65. The van der Waals surface area contributed by atoms with Gasteiger partial charge in [-0.3, -0.25) is 4.72 Å². The number of rotatable bonds is 6. The Hall–Kier alpha value is -1.28. The summed E-state index contributed by atoms with van der Waals surface area (Å²) in [6.07, 6.45) is 0. The molecule has 0 bridgehead atoms. The van der Waals surface area contributed by atoms with E-state index in [2.05, 4.69) is 4.72 Å². The highest BCUT2D eigenvalue weighted by Gasteiger charge is 2.18. The van der Waals surface area contributed by atoms with E-state index in [0.717, 1.165) is 16.9 Å². The zero-order chi connectivity index (χ0) is 15.5. The molecular weight excluding hydrogens is 332 g/mol. The largest absolute Gasteiger partial charge is 0.492 e. The Labute approximate surface area is 132 Å². The molecule has 0 atom stereocenters. The number of aryl methyl sites for hydroxylation is 1. The van der Waals surface area contributed by atoms with Crippen molar-refractivity contribution in [2.45, 2.75) is 11.1 Å². The normalized spacial score (nSPS) is 11.4. The number of halogens is 1. The molecule has 114 valence electrons. The van der Waals surface area contributed by atoms with Crippen LogP contribution in [0.3, 0.4) is 0 Å². The molecule has 21 heavy (non-hydrogen) atoms. The first kappa shape index (κ1) is 16.1. The summed E-state index contributed by atoms with van der Waals surface area (Å²) in [6.45, 7) is 2.53. The monoisotopic (exact) mass is 346 g/mol. The predicted octanol–water partition coefficient (Wildman–Crippen LogP) is 2.85. The molecule has 0 fully saturated rings. The van der Waals surface area contributed by atoms with Crippen LogP contribution in [0.2, 0.25) is 4.34 Å². The quantitative estimate of drug-likeness (QED) is 0.842. The molecule has 0 amide bonds. The van der Waals surface area contributed by atoms with Crippen LogP contribution < -0.4 is 15.2 Å². The Bertz CT molecular complexity index is 709. The average Bonchev–Trinajstić information content (AvgIpc) is 2.77. The van der Waals surface area contributed by atoms with Gasteiger partial charge in [0.05, 0.1) is 10.0 Å². The van der Waals surface area contributed by atoms with Gasteiger partial charge in [-0.15, -0.1) is 11.3 Å². The molecule has 0 aliphatic heterocycles. The summed E-state index contributed by atoms with van der Waals surface area (Å²) in [5.41, 5.74) is 6.52. The van der Waals surface area contributed by atoms with Crippen molar-refractivity contribution < 1.29 is 13.2 Å². The van der Waals surface area contributed by atoms with E-state index in [-0.39, 0.29) is 4.21 Å². The molecule has 0 saturated heterocycles. The minimum atomic E-state index is -3.65. The predicted molar refractivity (Wildman–Crippen MR) is 85.9 cm³/mol. The average molecular weight is 347 g/mol. The zero-order valence-corrected chi connectivity index (χ0v) is 13.7. The summed E-state index contributed by atoms with van der Waals surface area (Å²) < 4.78 is 33.1. The van der Waals surface area contributed by atoms with Crippen LogP contribution in [0.4, 0.5) is 5.69 Å². The van der Waals surface area contributed by atoms with Gasteiger partial charge in [-0.05, 0) is 30.7 Å². The second-order valence-electron chi connectivity index (χ2n) is 4.29. The minimum absolute atomic E-state index is 0.179. The van der Waals surface area contributed by atoms with Crippen molar-refractivity contribution in [1.29, 1.82) is 0 Å². The Morgan fingerprint density at radius 1 is 1.38 bits per heavy atom. The standard InChI is InChI=1S/C13H15ClN2O3S2/c1-9-7-12(20-13(9)14)21(17,18)16-10-3-2-4-11(8-10)19-6-5-15/h2-4,7-8,16H,5-6,15H2,1H3. The number of nitrogens with one attached hydrogen (secondary N) is 1. The van der Waals surface area contributed by atoms with Crippen LogP contribution in [-0.4, -0.2) is 21.6 Å². The lowest BCUT2D eigenvalue weighted by atomic mass is 10.3. The fourth-order valence-corrected chi connectivity index (χ4v) is 4.35. The van der Waals surface area contributed by atoms with Crippen LogP contribution >= 0.6 is 22.9 Å². The van der Waals surface area contributed by atoms with Crippen LogP contribution in [0.25, 0.3) is 0 Å². The number of sulfonamides is 1. The number of hydrogen-bond donors (Lipinski definition) is 2. The second kappa shape index (κ2) is 6.65. The van der Waals surface area contributed by atoms with Crippen molar-refractivity contribution in [3.05, 3.63) is 40.2 Å². The maximum Gasteiger partial charge on any atom is 0.271 e. The molecule has 1 aromatic carbocycles. The fraction of sp³-hybridized carbons (Fsp3) is 0.231. The molecule has 0 spiro atoms. The van der Waals surface area contributed by atoms with E-state index >= 15 is 0 Å². The first-order chi connectivity index (χ1) is 9.92. The van der Waals surface area contributed by atoms with Gasteiger partial charge in [0.2, 0.25) is 0 Å². The maximum atomic E-state index is 12.3. The van der Waals surface area contributed by atoms with Gasteiger partial charge in [0.25, 0.3) is 10.0 Å². The molecule has 0 aliphatic rings. The van der Waals surface area contributed by atoms with Crippen molar-refractivity contribution in [3.63, 3.8) is 0 Å². The highest BCUT2D eigenvalue weighted by molar-refractivity contribution is 7.94. The van der Waals surface area contributed by atoms with E-state index < -0.39 is 10.0 Å². The third kappa shape index (κ3) is 4.10.